The number of nitriles is 1. The van der Waals surface area contributed by atoms with E-state index in [1.54, 1.807) is 25.1 Å². The molecule has 2 aromatic rings. The average Bonchev–Trinajstić information content (AvgIpc) is 3.16. The summed E-state index contributed by atoms with van der Waals surface area (Å²) in [6.45, 7) is 8.17. The Morgan fingerprint density at radius 3 is 2.62 bits per heavy atom. The number of thiophene rings is 1. The second kappa shape index (κ2) is 11.7. The van der Waals surface area contributed by atoms with Gasteiger partial charge < -0.3 is 19.5 Å². The third kappa shape index (κ3) is 5.97. The third-order valence-corrected chi connectivity index (χ3v) is 6.39. The van der Waals surface area contributed by atoms with Gasteiger partial charge in [-0.25, -0.2) is 4.79 Å². The molecule has 0 saturated heterocycles. The van der Waals surface area contributed by atoms with Gasteiger partial charge in [-0.3, -0.25) is 4.79 Å². The van der Waals surface area contributed by atoms with Crippen LogP contribution in [0.2, 0.25) is 0 Å². The summed E-state index contributed by atoms with van der Waals surface area (Å²) < 4.78 is 16.7. The van der Waals surface area contributed by atoms with Crippen LogP contribution < -0.4 is 14.8 Å². The Labute approximate surface area is 204 Å². The fraction of sp³-hybridized carbons (Fsp3) is 0.423. The van der Waals surface area contributed by atoms with Crippen molar-refractivity contribution in [1.29, 1.82) is 5.26 Å². The summed E-state index contributed by atoms with van der Waals surface area (Å²) in [5, 5.41) is 12.9. The first-order chi connectivity index (χ1) is 16.4. The topological polar surface area (TPSA) is 97.7 Å². The van der Waals surface area contributed by atoms with Crippen molar-refractivity contribution in [3.8, 4) is 17.6 Å². The maximum absolute atomic E-state index is 13.0. The Morgan fingerprint density at radius 2 is 1.94 bits per heavy atom. The summed E-state index contributed by atoms with van der Waals surface area (Å²) in [4.78, 5) is 26.8. The van der Waals surface area contributed by atoms with E-state index in [1.165, 1.54) is 17.4 Å². The van der Waals surface area contributed by atoms with Gasteiger partial charge in [-0.05, 0) is 82.7 Å². The standard InChI is InChI=1S/C26H30N2O5S/c1-5-31-21-14-17(11-12-20(21)33-16(3)4)13-18(15-27)24(29)28-25-23(26(30)32-6-2)19-9-7-8-10-22(19)34-25/h11-14,16H,5-10H2,1-4H3,(H,28,29)/b18-13+. The van der Waals surface area contributed by atoms with Crippen LogP contribution in [0, 0.1) is 11.3 Å². The average molecular weight is 483 g/mol. The molecule has 1 aliphatic rings. The van der Waals surface area contributed by atoms with Crippen molar-refractivity contribution in [3.63, 3.8) is 0 Å². The summed E-state index contributed by atoms with van der Waals surface area (Å²) in [7, 11) is 0. The molecule has 1 N–H and O–H groups in total. The summed E-state index contributed by atoms with van der Waals surface area (Å²) >= 11 is 1.39. The minimum atomic E-state index is -0.577. The van der Waals surface area contributed by atoms with E-state index < -0.39 is 11.9 Å². The van der Waals surface area contributed by atoms with E-state index in [0.29, 0.717) is 34.2 Å². The number of benzene rings is 1. The van der Waals surface area contributed by atoms with Crippen molar-refractivity contribution in [2.24, 2.45) is 0 Å². The van der Waals surface area contributed by atoms with Crippen LogP contribution in [-0.2, 0) is 22.4 Å². The second-order valence-corrected chi connectivity index (χ2v) is 9.17. The number of esters is 1. The van der Waals surface area contributed by atoms with Crippen molar-refractivity contribution >= 4 is 34.3 Å². The van der Waals surface area contributed by atoms with Crippen LogP contribution in [0.25, 0.3) is 6.08 Å². The number of aryl methyl sites for hydroxylation is 1. The van der Waals surface area contributed by atoms with Crippen molar-refractivity contribution in [1.82, 2.24) is 0 Å². The fourth-order valence-corrected chi connectivity index (χ4v) is 5.07. The minimum Gasteiger partial charge on any atom is -0.490 e. The summed E-state index contributed by atoms with van der Waals surface area (Å²) in [6.07, 6.45) is 5.16. The van der Waals surface area contributed by atoms with Gasteiger partial charge in [0, 0.05) is 4.88 Å². The van der Waals surface area contributed by atoms with Gasteiger partial charge in [0.2, 0.25) is 0 Å². The SMILES string of the molecule is CCOC(=O)c1c(NC(=O)/C(C#N)=C/c2ccc(OC(C)C)c(OCC)c2)sc2c1CCCC2. The van der Waals surface area contributed by atoms with E-state index >= 15 is 0 Å². The van der Waals surface area contributed by atoms with Crippen molar-refractivity contribution in [3.05, 3.63) is 45.3 Å². The number of amides is 1. The number of ether oxygens (including phenoxy) is 3. The maximum atomic E-state index is 13.0. The van der Waals surface area contributed by atoms with Crippen LogP contribution in [0.15, 0.2) is 23.8 Å². The molecule has 1 amide bonds. The highest BCUT2D eigenvalue weighted by molar-refractivity contribution is 7.17. The fourth-order valence-electron chi connectivity index (χ4n) is 3.79. The van der Waals surface area contributed by atoms with E-state index in [1.807, 2.05) is 26.8 Å². The lowest BCUT2D eigenvalue weighted by Crippen LogP contribution is -2.16. The van der Waals surface area contributed by atoms with Gasteiger partial charge >= 0.3 is 5.97 Å². The van der Waals surface area contributed by atoms with Crippen LogP contribution in [0.1, 0.15) is 66.9 Å². The second-order valence-electron chi connectivity index (χ2n) is 8.07. The number of carbonyl (C=O) groups is 2. The first-order valence-corrected chi connectivity index (χ1v) is 12.4. The van der Waals surface area contributed by atoms with Crippen molar-refractivity contribution in [2.45, 2.75) is 59.5 Å². The Kier molecular flexibility index (Phi) is 8.72. The molecule has 0 atom stereocenters. The Morgan fingerprint density at radius 1 is 1.18 bits per heavy atom. The minimum absolute atomic E-state index is 0.0220. The van der Waals surface area contributed by atoms with E-state index in [2.05, 4.69) is 5.32 Å². The van der Waals surface area contributed by atoms with E-state index in [9.17, 15) is 14.9 Å². The number of nitrogens with zero attached hydrogens (tertiary/aromatic N) is 1. The predicted octanol–water partition coefficient (Wildman–Crippen LogP) is 5.54. The van der Waals surface area contributed by atoms with Gasteiger partial charge in [0.25, 0.3) is 5.91 Å². The molecule has 0 radical (unpaired) electrons. The summed E-state index contributed by atoms with van der Waals surface area (Å²) in [5.74, 6) is 0.118. The summed E-state index contributed by atoms with van der Waals surface area (Å²) in [6, 6.07) is 7.23. The van der Waals surface area contributed by atoms with Gasteiger partial charge in [0.05, 0.1) is 24.9 Å². The molecule has 1 aliphatic carbocycles. The molecule has 1 aromatic heterocycles. The first-order valence-electron chi connectivity index (χ1n) is 11.6. The quantitative estimate of drug-likeness (QED) is 0.286. The molecular formula is C26H30N2O5S. The number of anilines is 1. The molecule has 0 spiro atoms. The molecule has 1 aromatic carbocycles. The Balaban J connectivity index is 1.90. The molecule has 0 bridgehead atoms. The highest BCUT2D eigenvalue weighted by Gasteiger charge is 2.27. The first kappa shape index (κ1) is 25.3. The monoisotopic (exact) mass is 482 g/mol. The van der Waals surface area contributed by atoms with E-state index in [-0.39, 0.29) is 18.3 Å². The number of carbonyl (C=O) groups excluding carboxylic acids is 2. The number of hydrogen-bond acceptors (Lipinski definition) is 7. The zero-order valence-electron chi connectivity index (χ0n) is 20.0. The van der Waals surface area contributed by atoms with Crippen LogP contribution in [0.4, 0.5) is 5.00 Å². The summed E-state index contributed by atoms with van der Waals surface area (Å²) in [5.41, 5.74) is 1.92. The maximum Gasteiger partial charge on any atom is 0.341 e. The lowest BCUT2D eigenvalue weighted by Gasteiger charge is -2.15. The van der Waals surface area contributed by atoms with E-state index in [0.717, 1.165) is 36.1 Å². The van der Waals surface area contributed by atoms with Crippen molar-refractivity contribution < 1.29 is 23.8 Å². The van der Waals surface area contributed by atoms with Crippen LogP contribution in [0.5, 0.6) is 11.5 Å². The van der Waals surface area contributed by atoms with Gasteiger partial charge in [0.15, 0.2) is 11.5 Å². The molecule has 0 saturated carbocycles. The van der Waals surface area contributed by atoms with Crippen molar-refractivity contribution in [2.75, 3.05) is 18.5 Å². The van der Waals surface area contributed by atoms with Gasteiger partial charge in [-0.1, -0.05) is 6.07 Å². The lowest BCUT2D eigenvalue weighted by atomic mass is 9.95. The van der Waals surface area contributed by atoms with Crippen LogP contribution >= 0.6 is 11.3 Å². The molecule has 8 heteroatoms. The highest BCUT2D eigenvalue weighted by Crippen LogP contribution is 2.39. The van der Waals surface area contributed by atoms with Gasteiger partial charge in [-0.2, -0.15) is 5.26 Å². The molecule has 7 nitrogen and oxygen atoms in total. The van der Waals surface area contributed by atoms with Gasteiger partial charge in [0.1, 0.15) is 16.6 Å². The van der Waals surface area contributed by atoms with Crippen LogP contribution in [-0.4, -0.2) is 31.2 Å². The Bertz CT molecular complexity index is 1130. The number of nitrogens with one attached hydrogen (secondary N) is 1. The molecular weight excluding hydrogens is 452 g/mol. The van der Waals surface area contributed by atoms with E-state index in [4.69, 9.17) is 14.2 Å². The van der Waals surface area contributed by atoms with Crippen LogP contribution in [0.3, 0.4) is 0 Å². The molecule has 0 aliphatic heterocycles. The molecule has 34 heavy (non-hydrogen) atoms. The highest BCUT2D eigenvalue weighted by atomic mass is 32.1. The smallest absolute Gasteiger partial charge is 0.341 e. The Hall–Kier alpha value is -3.31. The predicted molar refractivity (Wildman–Crippen MR) is 133 cm³/mol. The third-order valence-electron chi connectivity index (χ3n) is 5.18. The zero-order valence-corrected chi connectivity index (χ0v) is 20.8. The number of fused-ring (bicyclic) bond motifs is 1. The largest absolute Gasteiger partial charge is 0.490 e. The molecule has 3 rings (SSSR count). The number of hydrogen-bond donors (Lipinski definition) is 1. The molecule has 0 unspecified atom stereocenters. The molecule has 1 heterocycles. The normalized spacial score (nSPS) is 13.1. The molecule has 0 fully saturated rings. The lowest BCUT2D eigenvalue weighted by molar-refractivity contribution is -0.112. The van der Waals surface area contributed by atoms with Gasteiger partial charge in [-0.15, -0.1) is 11.3 Å². The number of rotatable bonds is 9. The molecule has 180 valence electrons. The zero-order chi connectivity index (χ0) is 24.7.